The van der Waals surface area contributed by atoms with Gasteiger partial charge in [-0.15, -0.1) is 0 Å². The van der Waals surface area contributed by atoms with Crippen molar-refractivity contribution in [3.8, 4) is 6.01 Å². The van der Waals surface area contributed by atoms with Gasteiger partial charge in [-0.25, -0.2) is 0 Å². The highest BCUT2D eigenvalue weighted by molar-refractivity contribution is 14.1. The zero-order chi connectivity index (χ0) is 13.1. The molecule has 0 aliphatic carbocycles. The summed E-state index contributed by atoms with van der Waals surface area (Å²) in [6.07, 6.45) is 0.290. The summed E-state index contributed by atoms with van der Waals surface area (Å²) in [6, 6.07) is 2.40. The van der Waals surface area contributed by atoms with Gasteiger partial charge in [-0.1, -0.05) is 6.92 Å². The molecule has 0 amide bonds. The van der Waals surface area contributed by atoms with Crippen molar-refractivity contribution in [3.63, 3.8) is 0 Å². The quantitative estimate of drug-likeness (QED) is 0.594. The lowest BCUT2D eigenvalue weighted by Gasteiger charge is -2.24. The summed E-state index contributed by atoms with van der Waals surface area (Å²) in [7, 11) is 1.59. The molecular formula is C12H18IN3O2. The van der Waals surface area contributed by atoms with Crippen LogP contribution in [0.4, 0.5) is 5.82 Å². The van der Waals surface area contributed by atoms with Crippen LogP contribution in [0, 0.1) is 9.62 Å². The largest absolute Gasteiger partial charge is 0.467 e. The molecular weight excluding hydrogens is 345 g/mol. The Hall–Kier alpha value is -0.630. The third kappa shape index (κ3) is 3.23. The third-order valence-corrected chi connectivity index (χ3v) is 3.77. The van der Waals surface area contributed by atoms with Gasteiger partial charge in [0.05, 0.1) is 19.8 Å². The normalized spacial score (nSPS) is 24.8. The van der Waals surface area contributed by atoms with Gasteiger partial charge in [0.25, 0.3) is 0 Å². The molecule has 0 spiro atoms. The molecule has 1 aliphatic rings. The molecule has 2 rings (SSSR count). The average molecular weight is 363 g/mol. The number of anilines is 1. The number of aromatic nitrogens is 2. The van der Waals surface area contributed by atoms with Crippen molar-refractivity contribution in [2.24, 2.45) is 5.92 Å². The lowest BCUT2D eigenvalue weighted by Crippen LogP contribution is -2.31. The zero-order valence-corrected chi connectivity index (χ0v) is 13.0. The first-order valence-electron chi connectivity index (χ1n) is 6.05. The summed E-state index contributed by atoms with van der Waals surface area (Å²) in [5.41, 5.74) is 0. The van der Waals surface area contributed by atoms with Crippen molar-refractivity contribution in [2.75, 3.05) is 31.7 Å². The molecule has 0 aromatic carbocycles. The molecule has 2 heterocycles. The van der Waals surface area contributed by atoms with Crippen LogP contribution < -0.4 is 9.64 Å². The Morgan fingerprint density at radius 2 is 2.22 bits per heavy atom. The molecule has 1 unspecified atom stereocenters. The number of methoxy groups -OCH3 is 1. The van der Waals surface area contributed by atoms with E-state index in [0.29, 0.717) is 11.9 Å². The van der Waals surface area contributed by atoms with E-state index in [-0.39, 0.29) is 6.10 Å². The highest BCUT2D eigenvalue weighted by Gasteiger charge is 2.22. The molecule has 0 bridgehead atoms. The van der Waals surface area contributed by atoms with E-state index in [1.54, 1.807) is 7.11 Å². The number of hydrogen-bond donors (Lipinski definition) is 0. The summed E-state index contributed by atoms with van der Waals surface area (Å²) < 4.78 is 11.7. The van der Waals surface area contributed by atoms with Gasteiger partial charge in [0, 0.05) is 19.2 Å². The summed E-state index contributed by atoms with van der Waals surface area (Å²) in [4.78, 5) is 10.8. The Morgan fingerprint density at radius 1 is 1.44 bits per heavy atom. The van der Waals surface area contributed by atoms with Gasteiger partial charge in [-0.2, -0.15) is 9.97 Å². The summed E-state index contributed by atoms with van der Waals surface area (Å²) >= 11 is 2.18. The van der Waals surface area contributed by atoms with Crippen molar-refractivity contribution in [1.29, 1.82) is 0 Å². The van der Waals surface area contributed by atoms with Crippen LogP contribution in [0.5, 0.6) is 6.01 Å². The number of hydrogen-bond acceptors (Lipinski definition) is 5. The molecule has 0 radical (unpaired) electrons. The first kappa shape index (κ1) is 13.8. The molecule has 1 saturated heterocycles. The second kappa shape index (κ2) is 6.01. The van der Waals surface area contributed by atoms with Crippen LogP contribution in [-0.2, 0) is 4.74 Å². The Bertz CT molecular complexity index is 416. The van der Waals surface area contributed by atoms with Crippen molar-refractivity contribution < 1.29 is 9.47 Å². The van der Waals surface area contributed by atoms with E-state index in [1.807, 2.05) is 6.07 Å². The Kier molecular flexibility index (Phi) is 4.60. The van der Waals surface area contributed by atoms with Gasteiger partial charge in [0.1, 0.15) is 9.52 Å². The zero-order valence-electron chi connectivity index (χ0n) is 10.9. The van der Waals surface area contributed by atoms with E-state index in [0.717, 1.165) is 29.2 Å². The van der Waals surface area contributed by atoms with Crippen LogP contribution in [0.15, 0.2) is 6.07 Å². The number of halogens is 1. The minimum absolute atomic E-state index is 0.290. The van der Waals surface area contributed by atoms with E-state index in [1.165, 1.54) is 0 Å². The summed E-state index contributed by atoms with van der Waals surface area (Å²) in [5, 5.41) is 0. The third-order valence-electron chi connectivity index (χ3n) is 3.22. The van der Waals surface area contributed by atoms with Crippen LogP contribution in [-0.4, -0.2) is 42.9 Å². The van der Waals surface area contributed by atoms with E-state index in [2.05, 4.69) is 51.3 Å². The molecule has 0 N–H and O–H groups in total. The summed E-state index contributed by atoms with van der Waals surface area (Å²) in [6.45, 7) is 6.85. The Balaban J connectivity index is 2.22. The lowest BCUT2D eigenvalue weighted by molar-refractivity contribution is 0.0510. The molecule has 5 nitrogen and oxygen atoms in total. The SMILES string of the molecule is COc1nc(I)cc(N2CCOC(C)[C@@H](C)C2)n1. The minimum Gasteiger partial charge on any atom is -0.467 e. The molecule has 0 saturated carbocycles. The van der Waals surface area contributed by atoms with Crippen LogP contribution >= 0.6 is 22.6 Å². The maximum absolute atomic E-state index is 5.74. The number of ether oxygens (including phenoxy) is 2. The lowest BCUT2D eigenvalue weighted by atomic mass is 10.1. The molecule has 1 aliphatic heterocycles. The van der Waals surface area contributed by atoms with Gasteiger partial charge in [0.2, 0.25) is 0 Å². The second-order valence-electron chi connectivity index (χ2n) is 4.53. The van der Waals surface area contributed by atoms with E-state index in [9.17, 15) is 0 Å². The van der Waals surface area contributed by atoms with Crippen LogP contribution in [0.3, 0.4) is 0 Å². The van der Waals surface area contributed by atoms with Gasteiger partial charge in [-0.3, -0.25) is 0 Å². The topological polar surface area (TPSA) is 47.5 Å². The van der Waals surface area contributed by atoms with E-state index >= 15 is 0 Å². The van der Waals surface area contributed by atoms with Gasteiger partial charge in [-0.05, 0) is 35.4 Å². The molecule has 1 aromatic heterocycles. The van der Waals surface area contributed by atoms with Crippen molar-refractivity contribution in [3.05, 3.63) is 9.77 Å². The van der Waals surface area contributed by atoms with Gasteiger partial charge >= 0.3 is 6.01 Å². The monoisotopic (exact) mass is 363 g/mol. The van der Waals surface area contributed by atoms with Gasteiger partial charge < -0.3 is 14.4 Å². The molecule has 1 fully saturated rings. The van der Waals surface area contributed by atoms with Crippen molar-refractivity contribution in [2.45, 2.75) is 20.0 Å². The fraction of sp³-hybridized carbons (Fsp3) is 0.667. The molecule has 2 atom stereocenters. The fourth-order valence-corrected chi connectivity index (χ4v) is 2.43. The molecule has 1 aromatic rings. The van der Waals surface area contributed by atoms with Crippen molar-refractivity contribution >= 4 is 28.4 Å². The number of rotatable bonds is 2. The molecule has 18 heavy (non-hydrogen) atoms. The van der Waals surface area contributed by atoms with E-state index < -0.39 is 0 Å². The fourth-order valence-electron chi connectivity index (χ4n) is 1.95. The Labute approximate surface area is 121 Å². The highest BCUT2D eigenvalue weighted by Crippen LogP contribution is 2.21. The van der Waals surface area contributed by atoms with Crippen LogP contribution in [0.2, 0.25) is 0 Å². The van der Waals surface area contributed by atoms with Crippen molar-refractivity contribution in [1.82, 2.24) is 9.97 Å². The second-order valence-corrected chi connectivity index (χ2v) is 5.64. The Morgan fingerprint density at radius 3 is 2.94 bits per heavy atom. The standard InChI is InChI=1S/C12H18IN3O2/c1-8-7-16(4-5-18-9(8)2)11-6-10(13)14-12(15-11)17-3/h6,8-9H,4-5,7H2,1-3H3/t8-,9?/m0/s1. The first-order chi connectivity index (χ1) is 8.60. The van der Waals surface area contributed by atoms with E-state index in [4.69, 9.17) is 9.47 Å². The highest BCUT2D eigenvalue weighted by atomic mass is 127. The molecule has 100 valence electrons. The smallest absolute Gasteiger partial charge is 0.319 e. The first-order valence-corrected chi connectivity index (χ1v) is 7.13. The predicted molar refractivity (Wildman–Crippen MR) is 78.1 cm³/mol. The van der Waals surface area contributed by atoms with Crippen LogP contribution in [0.1, 0.15) is 13.8 Å². The molecule has 6 heteroatoms. The average Bonchev–Trinajstić information content (AvgIpc) is 2.51. The van der Waals surface area contributed by atoms with Crippen LogP contribution in [0.25, 0.3) is 0 Å². The number of nitrogens with zero attached hydrogens (tertiary/aromatic N) is 3. The minimum atomic E-state index is 0.290. The maximum Gasteiger partial charge on any atom is 0.319 e. The predicted octanol–water partition coefficient (Wildman–Crippen LogP) is 1.95. The summed E-state index contributed by atoms with van der Waals surface area (Å²) in [5.74, 6) is 1.39. The van der Waals surface area contributed by atoms with Gasteiger partial charge in [0.15, 0.2) is 0 Å². The maximum atomic E-state index is 5.74.